The fourth-order valence-corrected chi connectivity index (χ4v) is 2.91. The summed E-state index contributed by atoms with van der Waals surface area (Å²) in [5.74, 6) is -0.254. The SMILES string of the molecule is COCCCNC(=O)NC1(c2ccc(F)cc2)CCCC1. The zero-order valence-electron chi connectivity index (χ0n) is 12.5. The minimum atomic E-state index is -0.362. The van der Waals surface area contributed by atoms with Crippen molar-refractivity contribution in [1.29, 1.82) is 0 Å². The van der Waals surface area contributed by atoms with Crippen LogP contribution in [0.1, 0.15) is 37.7 Å². The van der Waals surface area contributed by atoms with E-state index in [4.69, 9.17) is 4.74 Å². The summed E-state index contributed by atoms with van der Waals surface area (Å²) in [6.07, 6.45) is 4.71. The largest absolute Gasteiger partial charge is 0.385 e. The maximum absolute atomic E-state index is 13.1. The van der Waals surface area contributed by atoms with Crippen molar-refractivity contribution in [1.82, 2.24) is 10.6 Å². The standard InChI is InChI=1S/C16H23FN2O2/c1-21-12-4-11-18-15(20)19-16(9-2-3-10-16)13-5-7-14(17)8-6-13/h5-8H,2-4,9-12H2,1H3,(H2,18,19,20). The zero-order chi connectivity index (χ0) is 15.1. The van der Waals surface area contributed by atoms with E-state index in [2.05, 4.69) is 10.6 Å². The van der Waals surface area contributed by atoms with Crippen molar-refractivity contribution in [3.05, 3.63) is 35.6 Å². The van der Waals surface area contributed by atoms with Gasteiger partial charge >= 0.3 is 6.03 Å². The van der Waals surface area contributed by atoms with E-state index in [0.29, 0.717) is 13.2 Å². The molecule has 0 aromatic heterocycles. The summed E-state index contributed by atoms with van der Waals surface area (Å²) in [7, 11) is 1.64. The van der Waals surface area contributed by atoms with E-state index in [1.165, 1.54) is 12.1 Å². The number of amides is 2. The van der Waals surface area contributed by atoms with Crippen LogP contribution in [0.4, 0.5) is 9.18 Å². The van der Waals surface area contributed by atoms with Gasteiger partial charge in [-0.25, -0.2) is 9.18 Å². The first-order valence-electron chi connectivity index (χ1n) is 7.47. The lowest BCUT2D eigenvalue weighted by molar-refractivity contribution is 0.192. The molecule has 0 unspecified atom stereocenters. The van der Waals surface area contributed by atoms with E-state index in [1.54, 1.807) is 19.2 Å². The number of nitrogens with one attached hydrogen (secondary N) is 2. The number of methoxy groups -OCH3 is 1. The van der Waals surface area contributed by atoms with E-state index in [1.807, 2.05) is 0 Å². The van der Waals surface area contributed by atoms with Crippen LogP contribution >= 0.6 is 0 Å². The van der Waals surface area contributed by atoms with E-state index < -0.39 is 0 Å². The normalized spacial score (nSPS) is 16.7. The molecule has 0 atom stereocenters. The zero-order valence-corrected chi connectivity index (χ0v) is 12.5. The lowest BCUT2D eigenvalue weighted by Crippen LogP contribution is -2.48. The third-order valence-corrected chi connectivity index (χ3v) is 4.02. The number of urea groups is 1. The second kappa shape index (κ2) is 7.41. The Bertz CT molecular complexity index is 456. The molecule has 1 aliphatic carbocycles. The molecule has 116 valence electrons. The molecule has 4 nitrogen and oxygen atoms in total. The second-order valence-electron chi connectivity index (χ2n) is 5.52. The minimum absolute atomic E-state index is 0.169. The summed E-state index contributed by atoms with van der Waals surface area (Å²) in [4.78, 5) is 12.1. The molecule has 1 aliphatic rings. The fraction of sp³-hybridized carbons (Fsp3) is 0.562. The molecular formula is C16H23FN2O2. The Morgan fingerprint density at radius 1 is 1.29 bits per heavy atom. The second-order valence-corrected chi connectivity index (χ2v) is 5.52. The van der Waals surface area contributed by atoms with Crippen molar-refractivity contribution in [2.45, 2.75) is 37.6 Å². The molecule has 5 heteroatoms. The summed E-state index contributed by atoms with van der Waals surface area (Å²) >= 11 is 0. The Hall–Kier alpha value is -1.62. The Labute approximate surface area is 125 Å². The summed E-state index contributed by atoms with van der Waals surface area (Å²) in [6.45, 7) is 1.21. The Morgan fingerprint density at radius 3 is 2.57 bits per heavy atom. The monoisotopic (exact) mass is 294 g/mol. The van der Waals surface area contributed by atoms with Crippen molar-refractivity contribution >= 4 is 6.03 Å². The van der Waals surface area contributed by atoms with Gasteiger partial charge < -0.3 is 15.4 Å². The van der Waals surface area contributed by atoms with E-state index in [-0.39, 0.29) is 17.4 Å². The Balaban J connectivity index is 1.98. The molecule has 2 N–H and O–H groups in total. The van der Waals surface area contributed by atoms with Crippen LogP contribution in [0.5, 0.6) is 0 Å². The maximum atomic E-state index is 13.1. The van der Waals surface area contributed by atoms with Crippen LogP contribution in [0.2, 0.25) is 0 Å². The van der Waals surface area contributed by atoms with Crippen LogP contribution in [0.3, 0.4) is 0 Å². The molecule has 0 spiro atoms. The van der Waals surface area contributed by atoms with Gasteiger partial charge in [0.1, 0.15) is 5.82 Å². The minimum Gasteiger partial charge on any atom is -0.385 e. The van der Waals surface area contributed by atoms with Crippen molar-refractivity contribution in [2.75, 3.05) is 20.3 Å². The molecule has 0 saturated heterocycles. The number of carbonyl (C=O) groups excluding carboxylic acids is 1. The van der Waals surface area contributed by atoms with Crippen molar-refractivity contribution in [2.24, 2.45) is 0 Å². The van der Waals surface area contributed by atoms with Gasteiger partial charge in [0.05, 0.1) is 5.54 Å². The molecule has 1 saturated carbocycles. The molecule has 2 amide bonds. The average Bonchev–Trinajstić information content (AvgIpc) is 2.94. The summed E-state index contributed by atoms with van der Waals surface area (Å²) in [5.41, 5.74) is 0.618. The van der Waals surface area contributed by atoms with Gasteiger partial charge in [-0.2, -0.15) is 0 Å². The van der Waals surface area contributed by atoms with Gasteiger partial charge in [-0.15, -0.1) is 0 Å². The predicted molar refractivity (Wildman–Crippen MR) is 79.6 cm³/mol. The molecule has 0 heterocycles. The van der Waals surface area contributed by atoms with Crippen molar-refractivity contribution in [3.8, 4) is 0 Å². The average molecular weight is 294 g/mol. The van der Waals surface area contributed by atoms with E-state index in [0.717, 1.165) is 37.7 Å². The number of benzene rings is 1. The first-order valence-corrected chi connectivity index (χ1v) is 7.47. The number of hydrogen-bond donors (Lipinski definition) is 2. The van der Waals surface area contributed by atoms with Gasteiger partial charge in [0.2, 0.25) is 0 Å². The molecule has 1 aromatic carbocycles. The molecular weight excluding hydrogens is 271 g/mol. The Morgan fingerprint density at radius 2 is 1.95 bits per heavy atom. The summed E-state index contributed by atoms with van der Waals surface area (Å²) in [5, 5.41) is 5.94. The topological polar surface area (TPSA) is 50.4 Å². The van der Waals surface area contributed by atoms with Crippen molar-refractivity contribution < 1.29 is 13.9 Å². The van der Waals surface area contributed by atoms with Gasteiger partial charge in [0.15, 0.2) is 0 Å². The third-order valence-electron chi connectivity index (χ3n) is 4.02. The van der Waals surface area contributed by atoms with Crippen LogP contribution in [-0.2, 0) is 10.3 Å². The van der Waals surface area contributed by atoms with Gasteiger partial charge in [-0.3, -0.25) is 0 Å². The highest BCUT2D eigenvalue weighted by Gasteiger charge is 2.36. The smallest absolute Gasteiger partial charge is 0.315 e. The Kier molecular flexibility index (Phi) is 5.56. The lowest BCUT2D eigenvalue weighted by Gasteiger charge is -2.31. The van der Waals surface area contributed by atoms with Crippen LogP contribution in [0.25, 0.3) is 0 Å². The van der Waals surface area contributed by atoms with E-state index in [9.17, 15) is 9.18 Å². The number of hydrogen-bond acceptors (Lipinski definition) is 2. The summed E-state index contributed by atoms with van der Waals surface area (Å²) < 4.78 is 18.0. The van der Waals surface area contributed by atoms with Gasteiger partial charge in [-0.1, -0.05) is 25.0 Å². The maximum Gasteiger partial charge on any atom is 0.315 e. The van der Waals surface area contributed by atoms with Gasteiger partial charge in [-0.05, 0) is 37.0 Å². The van der Waals surface area contributed by atoms with Crippen LogP contribution in [0, 0.1) is 5.82 Å². The summed E-state index contributed by atoms with van der Waals surface area (Å²) in [6, 6.07) is 6.27. The lowest BCUT2D eigenvalue weighted by atomic mass is 9.88. The first kappa shape index (κ1) is 15.8. The number of carbonyl (C=O) groups is 1. The molecule has 0 aliphatic heterocycles. The highest BCUT2D eigenvalue weighted by Crippen LogP contribution is 2.38. The van der Waals surface area contributed by atoms with E-state index >= 15 is 0 Å². The number of rotatable bonds is 6. The van der Waals surface area contributed by atoms with Gasteiger partial charge in [0, 0.05) is 20.3 Å². The molecule has 1 aromatic rings. The highest BCUT2D eigenvalue weighted by atomic mass is 19.1. The first-order chi connectivity index (χ1) is 10.2. The van der Waals surface area contributed by atoms with Gasteiger partial charge in [0.25, 0.3) is 0 Å². The molecule has 21 heavy (non-hydrogen) atoms. The third kappa shape index (κ3) is 4.17. The fourth-order valence-electron chi connectivity index (χ4n) is 2.91. The molecule has 2 rings (SSSR count). The molecule has 0 bridgehead atoms. The van der Waals surface area contributed by atoms with Crippen LogP contribution in [0.15, 0.2) is 24.3 Å². The predicted octanol–water partition coefficient (Wildman–Crippen LogP) is 2.93. The van der Waals surface area contributed by atoms with Crippen molar-refractivity contribution in [3.63, 3.8) is 0 Å². The molecule has 0 radical (unpaired) electrons. The number of ether oxygens (including phenoxy) is 1. The highest BCUT2D eigenvalue weighted by molar-refractivity contribution is 5.75. The molecule has 1 fully saturated rings. The van der Waals surface area contributed by atoms with Crippen LogP contribution < -0.4 is 10.6 Å². The van der Waals surface area contributed by atoms with Crippen LogP contribution in [-0.4, -0.2) is 26.3 Å². The quantitative estimate of drug-likeness (QED) is 0.793. The number of halogens is 1.